The van der Waals surface area contributed by atoms with E-state index in [1.54, 1.807) is 6.92 Å². The third kappa shape index (κ3) is 3.71. The molecular formula is C16H26N4O3. The van der Waals surface area contributed by atoms with E-state index < -0.39 is 11.6 Å². The van der Waals surface area contributed by atoms with Crippen LogP contribution in [0.15, 0.2) is 4.52 Å². The Labute approximate surface area is 136 Å². The summed E-state index contributed by atoms with van der Waals surface area (Å²) in [5.74, 6) is 1.07. The van der Waals surface area contributed by atoms with Crippen LogP contribution in [0.4, 0.5) is 4.79 Å². The van der Waals surface area contributed by atoms with E-state index in [1.807, 2.05) is 20.8 Å². The molecule has 0 radical (unpaired) electrons. The van der Waals surface area contributed by atoms with Crippen LogP contribution in [-0.2, 0) is 16.8 Å². The van der Waals surface area contributed by atoms with Crippen molar-refractivity contribution in [3.8, 4) is 0 Å². The maximum Gasteiger partial charge on any atom is 0.325 e. The monoisotopic (exact) mass is 322 g/mol. The molecule has 1 saturated heterocycles. The predicted molar refractivity (Wildman–Crippen MR) is 84.6 cm³/mol. The number of urea groups is 1. The molecule has 0 saturated carbocycles. The van der Waals surface area contributed by atoms with Crippen molar-refractivity contribution >= 4 is 11.9 Å². The Balaban J connectivity index is 2.10. The second kappa shape index (κ2) is 5.94. The third-order valence-electron chi connectivity index (χ3n) is 3.98. The van der Waals surface area contributed by atoms with Crippen LogP contribution in [0.25, 0.3) is 0 Å². The molecule has 23 heavy (non-hydrogen) atoms. The lowest BCUT2D eigenvalue weighted by atomic mass is 9.92. The van der Waals surface area contributed by atoms with Gasteiger partial charge in [0, 0.05) is 5.41 Å². The van der Waals surface area contributed by atoms with Crippen LogP contribution in [-0.4, -0.2) is 32.5 Å². The van der Waals surface area contributed by atoms with Gasteiger partial charge in [-0.25, -0.2) is 4.79 Å². The number of amides is 3. The van der Waals surface area contributed by atoms with E-state index in [1.165, 1.54) is 0 Å². The molecule has 0 aliphatic carbocycles. The molecule has 2 heterocycles. The standard InChI is InChI=1S/C16H26N4O3/c1-10(2)7-8-16(6)13(21)20(14(22)18-16)9-11-17-12(23-19-11)15(3,4)5/h10H,7-9H2,1-6H3,(H,18,22)/t16-/m0/s1. The average Bonchev–Trinajstić information content (AvgIpc) is 2.97. The number of carbonyl (C=O) groups is 2. The molecule has 0 bridgehead atoms. The first-order chi connectivity index (χ1) is 10.5. The summed E-state index contributed by atoms with van der Waals surface area (Å²) < 4.78 is 5.21. The fourth-order valence-corrected chi connectivity index (χ4v) is 2.40. The lowest BCUT2D eigenvalue weighted by Crippen LogP contribution is -2.44. The van der Waals surface area contributed by atoms with Crippen molar-refractivity contribution in [1.82, 2.24) is 20.4 Å². The van der Waals surface area contributed by atoms with Crippen LogP contribution in [0.2, 0.25) is 0 Å². The van der Waals surface area contributed by atoms with Gasteiger partial charge in [-0.2, -0.15) is 4.98 Å². The number of imide groups is 1. The summed E-state index contributed by atoms with van der Waals surface area (Å²) >= 11 is 0. The topological polar surface area (TPSA) is 88.3 Å². The molecule has 1 aromatic rings. The molecule has 0 unspecified atom stereocenters. The van der Waals surface area contributed by atoms with Crippen molar-refractivity contribution in [2.75, 3.05) is 0 Å². The van der Waals surface area contributed by atoms with Crippen molar-refractivity contribution in [3.05, 3.63) is 11.7 Å². The Kier molecular flexibility index (Phi) is 4.50. The fraction of sp³-hybridized carbons (Fsp3) is 0.750. The van der Waals surface area contributed by atoms with E-state index in [0.29, 0.717) is 24.1 Å². The highest BCUT2D eigenvalue weighted by molar-refractivity contribution is 6.06. The van der Waals surface area contributed by atoms with Crippen LogP contribution in [0, 0.1) is 5.92 Å². The second-order valence-electron chi connectivity index (χ2n) is 7.85. The Morgan fingerprint density at radius 1 is 1.30 bits per heavy atom. The Bertz CT molecular complexity index is 603. The zero-order valence-electron chi connectivity index (χ0n) is 14.8. The predicted octanol–water partition coefficient (Wildman–Crippen LogP) is 2.61. The molecule has 1 aliphatic heterocycles. The van der Waals surface area contributed by atoms with Gasteiger partial charge in [-0.3, -0.25) is 9.69 Å². The van der Waals surface area contributed by atoms with Gasteiger partial charge in [-0.15, -0.1) is 0 Å². The third-order valence-corrected chi connectivity index (χ3v) is 3.98. The molecule has 1 atom stereocenters. The normalized spacial score (nSPS) is 22.1. The molecule has 7 nitrogen and oxygen atoms in total. The number of hydrogen-bond acceptors (Lipinski definition) is 5. The molecule has 0 aromatic carbocycles. The number of aromatic nitrogens is 2. The quantitative estimate of drug-likeness (QED) is 0.842. The van der Waals surface area contributed by atoms with Crippen LogP contribution in [0.3, 0.4) is 0 Å². The Morgan fingerprint density at radius 3 is 2.48 bits per heavy atom. The molecular weight excluding hydrogens is 296 g/mol. The fourth-order valence-electron chi connectivity index (χ4n) is 2.40. The molecule has 128 valence electrons. The minimum atomic E-state index is -0.849. The van der Waals surface area contributed by atoms with E-state index >= 15 is 0 Å². The zero-order valence-corrected chi connectivity index (χ0v) is 14.8. The first-order valence-corrected chi connectivity index (χ1v) is 8.00. The number of nitrogens with zero attached hydrogens (tertiary/aromatic N) is 3. The van der Waals surface area contributed by atoms with E-state index in [0.717, 1.165) is 11.3 Å². The lowest BCUT2D eigenvalue weighted by molar-refractivity contribution is -0.131. The van der Waals surface area contributed by atoms with Gasteiger partial charge >= 0.3 is 6.03 Å². The maximum atomic E-state index is 12.6. The molecule has 1 aromatic heterocycles. The van der Waals surface area contributed by atoms with Crippen LogP contribution in [0.5, 0.6) is 0 Å². The van der Waals surface area contributed by atoms with Crippen molar-refractivity contribution in [3.63, 3.8) is 0 Å². The second-order valence-corrected chi connectivity index (χ2v) is 7.85. The smallest absolute Gasteiger partial charge is 0.325 e. The van der Waals surface area contributed by atoms with E-state index in [9.17, 15) is 9.59 Å². The summed E-state index contributed by atoms with van der Waals surface area (Å²) in [6.45, 7) is 11.9. The van der Waals surface area contributed by atoms with Gasteiger partial charge in [0.2, 0.25) is 5.89 Å². The number of rotatable bonds is 5. The first kappa shape index (κ1) is 17.4. The van der Waals surface area contributed by atoms with E-state index in [4.69, 9.17) is 4.52 Å². The van der Waals surface area contributed by atoms with Gasteiger partial charge in [-0.1, -0.05) is 39.8 Å². The molecule has 1 aliphatic rings. The van der Waals surface area contributed by atoms with Gasteiger partial charge in [0.15, 0.2) is 5.82 Å². The van der Waals surface area contributed by atoms with Crippen LogP contribution in [0.1, 0.15) is 66.1 Å². The van der Waals surface area contributed by atoms with Crippen molar-refractivity contribution in [2.24, 2.45) is 5.92 Å². The van der Waals surface area contributed by atoms with Crippen molar-refractivity contribution < 1.29 is 14.1 Å². The number of nitrogens with one attached hydrogen (secondary N) is 1. The van der Waals surface area contributed by atoms with E-state index in [-0.39, 0.29) is 17.9 Å². The molecule has 2 rings (SSSR count). The zero-order chi connectivity index (χ0) is 17.4. The largest absolute Gasteiger partial charge is 0.339 e. The minimum Gasteiger partial charge on any atom is -0.339 e. The minimum absolute atomic E-state index is 0.0293. The summed E-state index contributed by atoms with van der Waals surface area (Å²) in [7, 11) is 0. The number of hydrogen-bond donors (Lipinski definition) is 1. The summed E-state index contributed by atoms with van der Waals surface area (Å²) in [5.41, 5.74) is -1.12. The van der Waals surface area contributed by atoms with Gasteiger partial charge in [0.05, 0.1) is 6.54 Å². The molecule has 7 heteroatoms. The summed E-state index contributed by atoms with van der Waals surface area (Å²) in [6.07, 6.45) is 1.48. The lowest BCUT2D eigenvalue weighted by Gasteiger charge is -2.22. The Hall–Kier alpha value is -1.92. The highest BCUT2D eigenvalue weighted by Gasteiger charge is 2.47. The summed E-state index contributed by atoms with van der Waals surface area (Å²) in [5, 5.41) is 6.67. The van der Waals surface area contributed by atoms with Crippen LogP contribution < -0.4 is 5.32 Å². The SMILES string of the molecule is CC(C)CC[C@]1(C)NC(=O)N(Cc2noc(C(C)(C)C)n2)C1=O. The number of carbonyl (C=O) groups excluding carboxylic acids is 2. The Morgan fingerprint density at radius 2 is 1.96 bits per heavy atom. The molecule has 0 spiro atoms. The maximum absolute atomic E-state index is 12.6. The summed E-state index contributed by atoms with van der Waals surface area (Å²) in [6, 6.07) is -0.400. The average molecular weight is 322 g/mol. The molecule has 1 N–H and O–H groups in total. The molecule has 3 amide bonds. The first-order valence-electron chi connectivity index (χ1n) is 8.00. The molecule has 1 fully saturated rings. The van der Waals surface area contributed by atoms with Gasteiger partial charge in [0.1, 0.15) is 5.54 Å². The highest BCUT2D eigenvalue weighted by Crippen LogP contribution is 2.26. The van der Waals surface area contributed by atoms with Crippen molar-refractivity contribution in [1.29, 1.82) is 0 Å². The van der Waals surface area contributed by atoms with Gasteiger partial charge < -0.3 is 9.84 Å². The van der Waals surface area contributed by atoms with Crippen LogP contribution >= 0.6 is 0 Å². The van der Waals surface area contributed by atoms with E-state index in [2.05, 4.69) is 29.3 Å². The van der Waals surface area contributed by atoms with Gasteiger partial charge in [0.25, 0.3) is 5.91 Å². The van der Waals surface area contributed by atoms with Gasteiger partial charge in [-0.05, 0) is 25.7 Å². The highest BCUT2D eigenvalue weighted by atomic mass is 16.5. The van der Waals surface area contributed by atoms with Crippen molar-refractivity contribution in [2.45, 2.75) is 71.9 Å². The summed E-state index contributed by atoms with van der Waals surface area (Å²) in [4.78, 5) is 30.2.